The maximum atomic E-state index is 4.34. The lowest BCUT2D eigenvalue weighted by molar-refractivity contribution is 0.802. The predicted molar refractivity (Wildman–Crippen MR) is 45.0 cm³/mol. The minimum atomic E-state index is 0.502. The predicted octanol–water partition coefficient (Wildman–Crippen LogP) is 1.91. The van der Waals surface area contributed by atoms with E-state index in [1.165, 1.54) is 0 Å². The molecular weight excluding hydrogens is 158 g/mol. The second kappa shape index (κ2) is 2.30. The molecule has 0 fully saturated rings. The van der Waals surface area contributed by atoms with Crippen LogP contribution < -0.4 is 0 Å². The zero-order chi connectivity index (χ0) is 7.84. The van der Waals surface area contributed by atoms with E-state index < -0.39 is 0 Å². The van der Waals surface area contributed by atoms with Crippen molar-refractivity contribution < 1.29 is 0 Å². The summed E-state index contributed by atoms with van der Waals surface area (Å²) in [5.41, 5.74) is 0. The Morgan fingerprint density at radius 1 is 1.55 bits per heavy atom. The molecule has 2 aromatic rings. The summed E-state index contributed by atoms with van der Waals surface area (Å²) in [7, 11) is 0. The molecule has 0 aliphatic rings. The summed E-state index contributed by atoms with van der Waals surface area (Å²) in [6.45, 7) is 4.27. The molecule has 58 valence electrons. The Balaban J connectivity index is 2.58. The van der Waals surface area contributed by atoms with E-state index in [2.05, 4.69) is 23.9 Å². The lowest BCUT2D eigenvalue weighted by Crippen LogP contribution is -1.87. The zero-order valence-electron chi connectivity index (χ0n) is 6.48. The molecule has 0 unspecified atom stereocenters. The Hall–Kier alpha value is -0.900. The van der Waals surface area contributed by atoms with Gasteiger partial charge in [-0.25, -0.2) is 9.50 Å². The van der Waals surface area contributed by atoms with Crippen LogP contribution in [0.4, 0.5) is 0 Å². The summed E-state index contributed by atoms with van der Waals surface area (Å²) in [6, 6.07) is 0. The molecule has 2 aromatic heterocycles. The highest BCUT2D eigenvalue weighted by Crippen LogP contribution is 2.20. The van der Waals surface area contributed by atoms with Crippen LogP contribution in [0.5, 0.6) is 0 Å². The molecule has 0 amide bonds. The molecule has 0 aromatic carbocycles. The quantitative estimate of drug-likeness (QED) is 0.649. The second-order valence-corrected chi connectivity index (χ2v) is 3.74. The fraction of sp³-hybridized carbons (Fsp3) is 0.429. The fourth-order valence-electron chi connectivity index (χ4n) is 0.886. The highest BCUT2D eigenvalue weighted by Gasteiger charge is 2.06. The van der Waals surface area contributed by atoms with Crippen molar-refractivity contribution in [2.75, 3.05) is 0 Å². The Morgan fingerprint density at radius 3 is 3.00 bits per heavy atom. The number of rotatable bonds is 1. The van der Waals surface area contributed by atoms with Gasteiger partial charge in [0, 0.05) is 12.1 Å². The lowest BCUT2D eigenvalue weighted by Gasteiger charge is -1.93. The van der Waals surface area contributed by atoms with Crippen LogP contribution in [0.2, 0.25) is 0 Å². The van der Waals surface area contributed by atoms with Crippen molar-refractivity contribution in [1.82, 2.24) is 14.6 Å². The standard InChI is InChI=1S/C7H9N3S/c1-5(2)6-9-10-4-3-8-7(10)11-6/h3-5H,1-2H3. The molecule has 0 aliphatic carbocycles. The lowest BCUT2D eigenvalue weighted by atomic mass is 10.2. The summed E-state index contributed by atoms with van der Waals surface area (Å²) < 4.78 is 1.82. The first-order chi connectivity index (χ1) is 5.27. The summed E-state index contributed by atoms with van der Waals surface area (Å²) in [4.78, 5) is 5.12. The Labute approximate surface area is 68.7 Å². The highest BCUT2D eigenvalue weighted by molar-refractivity contribution is 7.16. The Bertz CT molecular complexity index is 332. The van der Waals surface area contributed by atoms with Crippen molar-refractivity contribution in [2.24, 2.45) is 0 Å². The fourth-order valence-corrected chi connectivity index (χ4v) is 1.75. The van der Waals surface area contributed by atoms with E-state index in [9.17, 15) is 0 Å². The van der Waals surface area contributed by atoms with E-state index in [1.54, 1.807) is 17.5 Å². The summed E-state index contributed by atoms with van der Waals surface area (Å²) in [6.07, 6.45) is 3.64. The van der Waals surface area contributed by atoms with Crippen LogP contribution >= 0.6 is 11.3 Å². The molecule has 0 saturated heterocycles. The molecule has 0 N–H and O–H groups in total. The van der Waals surface area contributed by atoms with Crippen LogP contribution in [0.15, 0.2) is 12.4 Å². The van der Waals surface area contributed by atoms with Gasteiger partial charge in [0.05, 0.1) is 6.20 Å². The van der Waals surface area contributed by atoms with Crippen LogP contribution in [0.3, 0.4) is 0 Å². The SMILES string of the molecule is CC(C)c1nn2ccnc2s1. The highest BCUT2D eigenvalue weighted by atomic mass is 32.1. The van der Waals surface area contributed by atoms with E-state index in [1.807, 2.05) is 10.7 Å². The number of aromatic nitrogens is 3. The first-order valence-corrected chi connectivity index (χ1v) is 4.39. The van der Waals surface area contributed by atoms with Crippen molar-refractivity contribution in [3.05, 3.63) is 17.4 Å². The van der Waals surface area contributed by atoms with Crippen molar-refractivity contribution in [3.8, 4) is 0 Å². The molecule has 0 saturated carbocycles. The van der Waals surface area contributed by atoms with Crippen molar-refractivity contribution >= 4 is 16.3 Å². The number of hydrogen-bond donors (Lipinski definition) is 0. The normalized spacial score (nSPS) is 11.5. The van der Waals surface area contributed by atoms with Gasteiger partial charge in [0.2, 0.25) is 4.96 Å². The molecule has 2 heterocycles. The first-order valence-electron chi connectivity index (χ1n) is 3.57. The Morgan fingerprint density at radius 2 is 2.36 bits per heavy atom. The maximum absolute atomic E-state index is 4.34. The maximum Gasteiger partial charge on any atom is 0.212 e. The van der Waals surface area contributed by atoms with Gasteiger partial charge in [-0.1, -0.05) is 25.2 Å². The van der Waals surface area contributed by atoms with Gasteiger partial charge in [-0.15, -0.1) is 0 Å². The minimum absolute atomic E-state index is 0.502. The van der Waals surface area contributed by atoms with E-state index in [0.29, 0.717) is 5.92 Å². The van der Waals surface area contributed by atoms with Gasteiger partial charge in [-0.2, -0.15) is 5.10 Å². The molecule has 3 nitrogen and oxygen atoms in total. The van der Waals surface area contributed by atoms with E-state index in [-0.39, 0.29) is 0 Å². The van der Waals surface area contributed by atoms with Crippen molar-refractivity contribution in [2.45, 2.75) is 19.8 Å². The summed E-state index contributed by atoms with van der Waals surface area (Å²) in [5.74, 6) is 0.502. The number of imidazole rings is 1. The molecule has 0 atom stereocenters. The van der Waals surface area contributed by atoms with Gasteiger partial charge >= 0.3 is 0 Å². The third-order valence-corrected chi connectivity index (χ3v) is 2.72. The van der Waals surface area contributed by atoms with Gasteiger partial charge in [-0.05, 0) is 0 Å². The van der Waals surface area contributed by atoms with Crippen LogP contribution in [0.25, 0.3) is 4.96 Å². The third kappa shape index (κ3) is 1.03. The topological polar surface area (TPSA) is 30.2 Å². The molecule has 2 rings (SSSR count). The minimum Gasteiger partial charge on any atom is -0.226 e. The molecule has 11 heavy (non-hydrogen) atoms. The largest absolute Gasteiger partial charge is 0.226 e. The molecular formula is C7H9N3S. The number of fused-ring (bicyclic) bond motifs is 1. The summed E-state index contributed by atoms with van der Waals surface area (Å²) in [5, 5.41) is 5.49. The molecule has 0 radical (unpaired) electrons. The smallest absolute Gasteiger partial charge is 0.212 e. The van der Waals surface area contributed by atoms with Crippen LogP contribution in [0, 0.1) is 0 Å². The van der Waals surface area contributed by atoms with Gasteiger partial charge in [0.25, 0.3) is 0 Å². The van der Waals surface area contributed by atoms with Crippen molar-refractivity contribution in [3.63, 3.8) is 0 Å². The molecule has 4 heteroatoms. The van der Waals surface area contributed by atoms with Crippen molar-refractivity contribution in [1.29, 1.82) is 0 Å². The van der Waals surface area contributed by atoms with Crippen LogP contribution in [-0.4, -0.2) is 14.6 Å². The molecule has 0 bridgehead atoms. The second-order valence-electron chi connectivity index (χ2n) is 2.75. The van der Waals surface area contributed by atoms with E-state index in [0.717, 1.165) is 9.97 Å². The molecule has 0 aliphatic heterocycles. The Kier molecular flexibility index (Phi) is 1.42. The third-order valence-electron chi connectivity index (χ3n) is 1.48. The average Bonchev–Trinajstić information content (AvgIpc) is 2.40. The van der Waals surface area contributed by atoms with E-state index in [4.69, 9.17) is 0 Å². The first kappa shape index (κ1) is 6.79. The summed E-state index contributed by atoms with van der Waals surface area (Å²) >= 11 is 1.65. The number of hydrogen-bond acceptors (Lipinski definition) is 3. The van der Waals surface area contributed by atoms with Gasteiger partial charge < -0.3 is 0 Å². The van der Waals surface area contributed by atoms with Gasteiger partial charge in [-0.3, -0.25) is 0 Å². The van der Waals surface area contributed by atoms with Gasteiger partial charge in [0.15, 0.2) is 0 Å². The van der Waals surface area contributed by atoms with Crippen LogP contribution in [0.1, 0.15) is 24.8 Å². The monoisotopic (exact) mass is 167 g/mol. The molecule has 0 spiro atoms. The number of nitrogens with zero attached hydrogens (tertiary/aromatic N) is 3. The van der Waals surface area contributed by atoms with Crippen LogP contribution in [-0.2, 0) is 0 Å². The average molecular weight is 167 g/mol. The van der Waals surface area contributed by atoms with E-state index >= 15 is 0 Å². The zero-order valence-corrected chi connectivity index (χ0v) is 7.30. The van der Waals surface area contributed by atoms with Gasteiger partial charge in [0.1, 0.15) is 5.01 Å².